The van der Waals surface area contributed by atoms with Crippen molar-refractivity contribution in [1.82, 2.24) is 0 Å². The van der Waals surface area contributed by atoms with Crippen molar-refractivity contribution >= 4 is 7.92 Å². The van der Waals surface area contributed by atoms with E-state index in [0.29, 0.717) is 7.92 Å². The molecule has 0 aromatic carbocycles. The molecule has 0 aliphatic carbocycles. The van der Waals surface area contributed by atoms with Crippen LogP contribution in [-0.2, 0) is 0 Å². The molecule has 0 aromatic heterocycles. The Morgan fingerprint density at radius 3 is 2.00 bits per heavy atom. The molecule has 1 heteroatoms. The van der Waals surface area contributed by atoms with E-state index in [4.69, 9.17) is 0 Å². The lowest BCUT2D eigenvalue weighted by Gasteiger charge is -2.04. The van der Waals surface area contributed by atoms with Gasteiger partial charge in [0.05, 0.1) is 0 Å². The second-order valence-corrected chi connectivity index (χ2v) is 4.69. The molecule has 0 saturated heterocycles. The SMILES string of the molecule is CCCP(C)CC. The summed E-state index contributed by atoms with van der Waals surface area (Å²) in [6, 6.07) is 0. The van der Waals surface area contributed by atoms with Crippen LogP contribution in [0.2, 0.25) is 0 Å². The Kier molecular flexibility index (Phi) is 4.87. The van der Waals surface area contributed by atoms with Gasteiger partial charge in [0.15, 0.2) is 0 Å². The van der Waals surface area contributed by atoms with Crippen LogP contribution in [0.5, 0.6) is 0 Å². The van der Waals surface area contributed by atoms with Crippen molar-refractivity contribution in [3.8, 4) is 0 Å². The van der Waals surface area contributed by atoms with Gasteiger partial charge >= 0.3 is 0 Å². The Bertz CT molecular complexity index is 35.2. The first-order chi connectivity index (χ1) is 3.31. The quantitative estimate of drug-likeness (QED) is 0.499. The first kappa shape index (κ1) is 7.43. The molecule has 1 unspecified atom stereocenters. The predicted molar refractivity (Wildman–Crippen MR) is 38.5 cm³/mol. The monoisotopic (exact) mass is 118 g/mol. The van der Waals surface area contributed by atoms with E-state index in [0.717, 1.165) is 0 Å². The molecular formula is C6H15P. The van der Waals surface area contributed by atoms with Gasteiger partial charge in [0.2, 0.25) is 0 Å². The van der Waals surface area contributed by atoms with Crippen molar-refractivity contribution in [2.75, 3.05) is 19.0 Å². The molecular weight excluding hydrogens is 103 g/mol. The van der Waals surface area contributed by atoms with Crippen molar-refractivity contribution in [3.63, 3.8) is 0 Å². The molecule has 0 heterocycles. The highest BCUT2D eigenvalue weighted by atomic mass is 31.1. The smallest absolute Gasteiger partial charge is 0.0331 e. The van der Waals surface area contributed by atoms with Crippen LogP contribution in [0, 0.1) is 0 Å². The molecule has 0 bridgehead atoms. The van der Waals surface area contributed by atoms with Crippen LogP contribution in [0.1, 0.15) is 20.3 Å². The fourth-order valence-corrected chi connectivity index (χ4v) is 1.62. The van der Waals surface area contributed by atoms with E-state index in [1.54, 1.807) is 0 Å². The van der Waals surface area contributed by atoms with E-state index in [1.807, 2.05) is 0 Å². The lowest BCUT2D eigenvalue weighted by molar-refractivity contribution is 1.09. The first-order valence-electron chi connectivity index (χ1n) is 2.99. The summed E-state index contributed by atoms with van der Waals surface area (Å²) in [7, 11) is 0.422. The van der Waals surface area contributed by atoms with Gasteiger partial charge in [-0.05, 0) is 19.0 Å². The summed E-state index contributed by atoms with van der Waals surface area (Å²) in [5.74, 6) is 0. The molecule has 0 fully saturated rings. The van der Waals surface area contributed by atoms with E-state index < -0.39 is 0 Å². The predicted octanol–water partition coefficient (Wildman–Crippen LogP) is 2.53. The molecule has 0 saturated carbocycles. The summed E-state index contributed by atoms with van der Waals surface area (Å²) in [5.41, 5.74) is 0. The first-order valence-corrected chi connectivity index (χ1v) is 5.15. The molecule has 0 amide bonds. The Hall–Kier alpha value is 0.430. The molecule has 0 spiro atoms. The van der Waals surface area contributed by atoms with Crippen LogP contribution in [0.15, 0.2) is 0 Å². The van der Waals surface area contributed by atoms with E-state index >= 15 is 0 Å². The van der Waals surface area contributed by atoms with Crippen LogP contribution in [0.25, 0.3) is 0 Å². The normalized spacial score (nSPS) is 14.1. The van der Waals surface area contributed by atoms with Gasteiger partial charge in [-0.15, -0.1) is 7.92 Å². The van der Waals surface area contributed by atoms with Crippen molar-refractivity contribution < 1.29 is 0 Å². The zero-order valence-electron chi connectivity index (χ0n) is 5.57. The zero-order valence-corrected chi connectivity index (χ0v) is 6.46. The maximum atomic E-state index is 2.37. The molecule has 0 nitrogen and oxygen atoms in total. The van der Waals surface area contributed by atoms with Gasteiger partial charge in [-0.1, -0.05) is 20.3 Å². The molecule has 44 valence electrons. The highest BCUT2D eigenvalue weighted by Crippen LogP contribution is 2.29. The van der Waals surface area contributed by atoms with Crippen LogP contribution in [-0.4, -0.2) is 19.0 Å². The summed E-state index contributed by atoms with van der Waals surface area (Å²) in [6.45, 7) is 6.91. The van der Waals surface area contributed by atoms with Crippen LogP contribution in [0.3, 0.4) is 0 Å². The highest BCUT2D eigenvalue weighted by Gasteiger charge is 1.91. The van der Waals surface area contributed by atoms with E-state index in [-0.39, 0.29) is 0 Å². The van der Waals surface area contributed by atoms with Gasteiger partial charge in [0.1, 0.15) is 0 Å². The van der Waals surface area contributed by atoms with Gasteiger partial charge in [-0.25, -0.2) is 0 Å². The van der Waals surface area contributed by atoms with Gasteiger partial charge < -0.3 is 0 Å². The van der Waals surface area contributed by atoms with Crippen molar-refractivity contribution in [1.29, 1.82) is 0 Å². The molecule has 0 N–H and O–H groups in total. The molecule has 0 radical (unpaired) electrons. The fourth-order valence-electron chi connectivity index (χ4n) is 0.540. The second-order valence-electron chi connectivity index (χ2n) is 1.90. The number of hydrogen-bond donors (Lipinski definition) is 0. The largest absolute Gasteiger partial charge is 0.110 e. The summed E-state index contributed by atoms with van der Waals surface area (Å²) in [4.78, 5) is 0. The topological polar surface area (TPSA) is 0 Å². The second kappa shape index (κ2) is 4.59. The summed E-state index contributed by atoms with van der Waals surface area (Å²) < 4.78 is 0. The fraction of sp³-hybridized carbons (Fsp3) is 1.00. The summed E-state index contributed by atoms with van der Waals surface area (Å²) in [6.07, 6.45) is 4.24. The Balaban J connectivity index is 2.83. The van der Waals surface area contributed by atoms with Gasteiger partial charge in [0.25, 0.3) is 0 Å². The third-order valence-corrected chi connectivity index (χ3v) is 3.44. The Morgan fingerprint density at radius 1 is 1.29 bits per heavy atom. The minimum Gasteiger partial charge on any atom is -0.110 e. The van der Waals surface area contributed by atoms with E-state index in [1.165, 1.54) is 18.7 Å². The molecule has 7 heavy (non-hydrogen) atoms. The summed E-state index contributed by atoms with van der Waals surface area (Å²) in [5, 5.41) is 0. The lowest BCUT2D eigenvalue weighted by Crippen LogP contribution is -1.80. The van der Waals surface area contributed by atoms with Gasteiger partial charge in [-0.2, -0.15) is 0 Å². The molecule has 0 aromatic rings. The van der Waals surface area contributed by atoms with Crippen molar-refractivity contribution in [2.45, 2.75) is 20.3 Å². The Labute approximate surface area is 48.1 Å². The molecule has 0 aliphatic rings. The average Bonchev–Trinajstić information content (AvgIpc) is 1.68. The summed E-state index contributed by atoms with van der Waals surface area (Å²) >= 11 is 0. The molecule has 1 atom stereocenters. The maximum absolute atomic E-state index is 2.37. The van der Waals surface area contributed by atoms with Gasteiger partial charge in [-0.3, -0.25) is 0 Å². The minimum absolute atomic E-state index is 0.422. The molecule has 0 aliphatic heterocycles. The number of hydrogen-bond acceptors (Lipinski definition) is 0. The van der Waals surface area contributed by atoms with Crippen molar-refractivity contribution in [2.24, 2.45) is 0 Å². The average molecular weight is 118 g/mol. The van der Waals surface area contributed by atoms with Crippen molar-refractivity contribution in [3.05, 3.63) is 0 Å². The number of rotatable bonds is 3. The van der Waals surface area contributed by atoms with Crippen LogP contribution >= 0.6 is 7.92 Å². The zero-order chi connectivity index (χ0) is 5.70. The maximum Gasteiger partial charge on any atom is -0.0331 e. The standard InChI is InChI=1S/C6H15P/c1-4-6-7(3)5-2/h4-6H2,1-3H3. The third kappa shape index (κ3) is 4.28. The Morgan fingerprint density at radius 2 is 1.86 bits per heavy atom. The van der Waals surface area contributed by atoms with Gasteiger partial charge in [0, 0.05) is 0 Å². The third-order valence-electron chi connectivity index (χ3n) is 1.15. The minimum atomic E-state index is 0.422. The van der Waals surface area contributed by atoms with Crippen LogP contribution < -0.4 is 0 Å². The van der Waals surface area contributed by atoms with E-state index in [9.17, 15) is 0 Å². The van der Waals surface area contributed by atoms with Crippen LogP contribution in [0.4, 0.5) is 0 Å². The van der Waals surface area contributed by atoms with E-state index in [2.05, 4.69) is 20.5 Å². The molecule has 0 rings (SSSR count). The lowest BCUT2D eigenvalue weighted by atomic mass is 10.6. The highest BCUT2D eigenvalue weighted by molar-refractivity contribution is 7.56.